The van der Waals surface area contributed by atoms with Crippen LogP contribution in [0.5, 0.6) is 0 Å². The van der Waals surface area contributed by atoms with Crippen molar-refractivity contribution in [3.63, 3.8) is 0 Å². The van der Waals surface area contributed by atoms with E-state index >= 15 is 0 Å². The van der Waals surface area contributed by atoms with Crippen LogP contribution in [0.4, 0.5) is 0 Å². The predicted octanol–water partition coefficient (Wildman–Crippen LogP) is -3.20. The molecule has 15 nitrogen and oxygen atoms in total. The molecular weight excluding hydrogens is 466 g/mol. The quantitative estimate of drug-likeness (QED) is 0.102. The van der Waals surface area contributed by atoms with E-state index in [0.29, 0.717) is 25.1 Å². The third-order valence-electron chi connectivity index (χ3n) is 5.01. The van der Waals surface area contributed by atoms with E-state index in [4.69, 9.17) is 16.6 Å². The monoisotopic (exact) mass is 499 g/mol. The molecular formula is C20H33N7O8. The zero-order valence-electron chi connectivity index (χ0n) is 19.3. The Kier molecular flexibility index (Phi) is 12.3. The summed E-state index contributed by atoms with van der Waals surface area (Å²) in [7, 11) is 0. The summed E-state index contributed by atoms with van der Waals surface area (Å²) in [5, 5.41) is 34.9. The van der Waals surface area contributed by atoms with Crippen molar-refractivity contribution in [3.8, 4) is 0 Å². The molecule has 5 atom stereocenters. The zero-order chi connectivity index (χ0) is 26.5. The number of aliphatic carboxylic acids is 2. The maximum Gasteiger partial charge on any atom is 0.326 e. The first kappa shape index (κ1) is 29.5. The molecule has 196 valence electrons. The number of hydrogen-bond acceptors (Lipinski definition) is 9. The number of nitrogens with two attached hydrogens (primary N) is 2. The van der Waals surface area contributed by atoms with E-state index in [9.17, 15) is 34.2 Å². The van der Waals surface area contributed by atoms with Gasteiger partial charge in [0.15, 0.2) is 0 Å². The molecule has 0 radical (unpaired) electrons. The number of nitrogens with zero attached hydrogens (tertiary/aromatic N) is 1. The number of amides is 3. The number of imidazole rings is 1. The lowest BCUT2D eigenvalue weighted by atomic mass is 10.1. The number of aromatic amines is 1. The second kappa shape index (κ2) is 14.6. The Morgan fingerprint density at radius 3 is 2.11 bits per heavy atom. The standard InChI is InChI=1S/C20H33N7O8/c1-10(28)16(22)19(33)27-14(7-15(29)30)18(32)26-13(6-11-8-23-9-24-11)17(31)25-12(20(34)35)4-2-3-5-21/h8-10,12-14,16,28H,2-7,21-22H2,1H3,(H,23,24)(H,25,31)(H,26,32)(H,27,33)(H,29,30)(H,34,35). The van der Waals surface area contributed by atoms with Gasteiger partial charge in [-0.3, -0.25) is 19.2 Å². The number of carbonyl (C=O) groups excluding carboxylic acids is 3. The van der Waals surface area contributed by atoms with Crippen LogP contribution >= 0.6 is 0 Å². The van der Waals surface area contributed by atoms with Crippen LogP contribution in [0.1, 0.15) is 38.3 Å². The van der Waals surface area contributed by atoms with Crippen molar-refractivity contribution < 1.29 is 39.3 Å². The fraction of sp³-hybridized carbons (Fsp3) is 0.600. The molecule has 0 spiro atoms. The van der Waals surface area contributed by atoms with Gasteiger partial charge in [0, 0.05) is 18.3 Å². The summed E-state index contributed by atoms with van der Waals surface area (Å²) in [5.74, 6) is -5.52. The van der Waals surface area contributed by atoms with E-state index in [1.54, 1.807) is 0 Å². The molecule has 0 aromatic carbocycles. The van der Waals surface area contributed by atoms with Crippen LogP contribution in [-0.2, 0) is 30.4 Å². The molecule has 0 aliphatic rings. The summed E-state index contributed by atoms with van der Waals surface area (Å²) in [6, 6.07) is -5.62. The first-order valence-corrected chi connectivity index (χ1v) is 10.9. The minimum absolute atomic E-state index is 0.109. The highest BCUT2D eigenvalue weighted by atomic mass is 16.4. The van der Waals surface area contributed by atoms with Gasteiger partial charge >= 0.3 is 11.9 Å². The third-order valence-corrected chi connectivity index (χ3v) is 5.01. The SMILES string of the molecule is CC(O)C(N)C(=O)NC(CC(=O)O)C(=O)NC(Cc1cnc[nH]1)C(=O)NC(CCCCN)C(=O)O. The van der Waals surface area contributed by atoms with Crippen molar-refractivity contribution in [1.29, 1.82) is 0 Å². The van der Waals surface area contributed by atoms with Gasteiger partial charge in [-0.05, 0) is 32.7 Å². The Hall–Kier alpha value is -3.56. The first-order valence-electron chi connectivity index (χ1n) is 10.9. The Morgan fingerprint density at radius 2 is 1.60 bits per heavy atom. The van der Waals surface area contributed by atoms with Crippen molar-refractivity contribution >= 4 is 29.7 Å². The molecule has 0 aliphatic carbocycles. The summed E-state index contributed by atoms with van der Waals surface area (Å²) >= 11 is 0. The fourth-order valence-electron chi connectivity index (χ4n) is 2.99. The highest BCUT2D eigenvalue weighted by molar-refractivity contribution is 5.95. The molecule has 3 amide bonds. The number of carbonyl (C=O) groups is 5. The third kappa shape index (κ3) is 10.5. The number of hydrogen-bond donors (Lipinski definition) is 9. The lowest BCUT2D eigenvalue weighted by molar-refractivity contribution is -0.143. The lowest BCUT2D eigenvalue weighted by Gasteiger charge is -2.25. The molecule has 0 saturated carbocycles. The molecule has 35 heavy (non-hydrogen) atoms. The van der Waals surface area contributed by atoms with Crippen molar-refractivity contribution in [2.24, 2.45) is 11.5 Å². The predicted molar refractivity (Wildman–Crippen MR) is 121 cm³/mol. The normalized spacial score (nSPS) is 15.2. The van der Waals surface area contributed by atoms with Gasteiger partial charge in [-0.2, -0.15) is 0 Å². The number of nitrogens with one attached hydrogen (secondary N) is 4. The minimum atomic E-state index is -1.62. The molecule has 5 unspecified atom stereocenters. The van der Waals surface area contributed by atoms with E-state index in [1.165, 1.54) is 19.4 Å². The Morgan fingerprint density at radius 1 is 1.00 bits per heavy atom. The van der Waals surface area contributed by atoms with Crippen LogP contribution in [-0.4, -0.2) is 91.8 Å². The van der Waals surface area contributed by atoms with Crippen LogP contribution in [0.2, 0.25) is 0 Å². The number of aromatic nitrogens is 2. The average Bonchev–Trinajstić information content (AvgIpc) is 3.29. The lowest BCUT2D eigenvalue weighted by Crippen LogP contribution is -2.58. The van der Waals surface area contributed by atoms with Crippen LogP contribution in [0, 0.1) is 0 Å². The summed E-state index contributed by atoms with van der Waals surface area (Å²) in [4.78, 5) is 67.3. The minimum Gasteiger partial charge on any atom is -0.481 e. The van der Waals surface area contributed by atoms with Crippen molar-refractivity contribution in [2.45, 2.75) is 69.3 Å². The second-order valence-electron chi connectivity index (χ2n) is 7.95. The smallest absolute Gasteiger partial charge is 0.326 e. The van der Waals surface area contributed by atoms with E-state index < -0.39 is 66.4 Å². The summed E-state index contributed by atoms with van der Waals surface area (Å²) in [6.45, 7) is 1.60. The molecule has 0 fully saturated rings. The maximum atomic E-state index is 12.9. The molecule has 15 heteroatoms. The Balaban J connectivity index is 3.05. The number of aliphatic hydroxyl groups excluding tert-OH is 1. The van der Waals surface area contributed by atoms with Gasteiger partial charge in [0.2, 0.25) is 17.7 Å². The molecule has 0 bridgehead atoms. The highest BCUT2D eigenvalue weighted by Gasteiger charge is 2.32. The zero-order valence-corrected chi connectivity index (χ0v) is 19.3. The summed E-state index contributed by atoms with van der Waals surface area (Å²) in [5.41, 5.74) is 11.4. The second-order valence-corrected chi connectivity index (χ2v) is 7.95. The van der Waals surface area contributed by atoms with Crippen LogP contribution < -0.4 is 27.4 Å². The Labute approximate surface area is 201 Å². The molecule has 1 heterocycles. The number of carboxylic acids is 2. The number of carboxylic acid groups (broad SMARTS) is 2. The summed E-state index contributed by atoms with van der Waals surface area (Å²) < 4.78 is 0. The van der Waals surface area contributed by atoms with E-state index in [1.807, 2.05) is 0 Å². The van der Waals surface area contributed by atoms with E-state index in [0.717, 1.165) is 0 Å². The number of aliphatic hydroxyl groups is 1. The molecule has 11 N–H and O–H groups in total. The summed E-state index contributed by atoms with van der Waals surface area (Å²) in [6.07, 6.45) is 1.60. The first-order chi connectivity index (χ1) is 16.5. The van der Waals surface area contributed by atoms with Gasteiger partial charge in [-0.15, -0.1) is 0 Å². The number of unbranched alkanes of at least 4 members (excludes halogenated alkanes) is 1. The van der Waals surface area contributed by atoms with E-state index in [2.05, 4.69) is 25.9 Å². The van der Waals surface area contributed by atoms with Gasteiger partial charge in [0.1, 0.15) is 24.2 Å². The van der Waals surface area contributed by atoms with Crippen LogP contribution in [0.25, 0.3) is 0 Å². The Bertz CT molecular complexity index is 862. The van der Waals surface area contributed by atoms with Gasteiger partial charge < -0.3 is 47.7 Å². The van der Waals surface area contributed by atoms with Gasteiger partial charge in [-0.1, -0.05) is 0 Å². The van der Waals surface area contributed by atoms with E-state index in [-0.39, 0.29) is 12.8 Å². The van der Waals surface area contributed by atoms with Crippen molar-refractivity contribution in [2.75, 3.05) is 6.54 Å². The maximum absolute atomic E-state index is 12.9. The molecule has 1 rings (SSSR count). The van der Waals surface area contributed by atoms with Crippen molar-refractivity contribution in [3.05, 3.63) is 18.2 Å². The largest absolute Gasteiger partial charge is 0.481 e. The van der Waals surface area contributed by atoms with Crippen LogP contribution in [0.15, 0.2) is 12.5 Å². The highest BCUT2D eigenvalue weighted by Crippen LogP contribution is 2.06. The molecule has 0 saturated heterocycles. The molecule has 1 aromatic rings. The molecule has 1 aromatic heterocycles. The van der Waals surface area contributed by atoms with Crippen molar-refractivity contribution in [1.82, 2.24) is 25.9 Å². The van der Waals surface area contributed by atoms with Gasteiger partial charge in [-0.25, -0.2) is 9.78 Å². The average molecular weight is 500 g/mol. The van der Waals surface area contributed by atoms with Gasteiger partial charge in [0.05, 0.1) is 18.9 Å². The van der Waals surface area contributed by atoms with Crippen LogP contribution in [0.3, 0.4) is 0 Å². The number of rotatable bonds is 16. The topological polar surface area (TPSA) is 263 Å². The number of H-pyrrole nitrogens is 1. The fourth-order valence-corrected chi connectivity index (χ4v) is 2.99. The van der Waals surface area contributed by atoms with Gasteiger partial charge in [0.25, 0.3) is 0 Å². The molecule has 0 aliphatic heterocycles.